The van der Waals surface area contributed by atoms with Crippen molar-refractivity contribution in [3.8, 4) is 0 Å². The van der Waals surface area contributed by atoms with Crippen molar-refractivity contribution in [3.05, 3.63) is 0 Å². The average molecular weight is 383 g/mol. The van der Waals surface area contributed by atoms with Crippen LogP contribution < -0.4 is 17.0 Å². The molecule has 0 rings (SSSR count). The molecule has 0 bridgehead atoms. The summed E-state index contributed by atoms with van der Waals surface area (Å²) in [5.74, 6) is 0. The van der Waals surface area contributed by atoms with E-state index in [2.05, 4.69) is 40.7 Å². The van der Waals surface area contributed by atoms with E-state index in [1.165, 1.54) is 57.9 Å². The molecule has 0 aromatic rings. The Hall–Kier alpha value is 0.617. The van der Waals surface area contributed by atoms with Crippen molar-refractivity contribution in [2.24, 2.45) is 0 Å². The van der Waals surface area contributed by atoms with Crippen LogP contribution in [0.3, 0.4) is 0 Å². The third-order valence-corrected chi connectivity index (χ3v) is 4.92. The summed E-state index contributed by atoms with van der Waals surface area (Å²) in [6.07, 6.45) is 11.3. The van der Waals surface area contributed by atoms with E-state index >= 15 is 0 Å². The molecule has 0 saturated carbocycles. The lowest BCUT2D eigenvalue weighted by Gasteiger charge is -2.31. The highest BCUT2D eigenvalue weighted by Gasteiger charge is 2.18. The minimum atomic E-state index is -1.33. The van der Waals surface area contributed by atoms with Crippen LogP contribution in [0.1, 0.15) is 58.3 Å². The van der Waals surface area contributed by atoms with E-state index in [4.69, 9.17) is 4.43 Å². The normalized spacial score (nSPS) is 12.3. The second-order valence-electron chi connectivity index (χ2n) is 7.82. The molecule has 0 spiro atoms. The maximum absolute atomic E-state index is 5.97. The summed E-state index contributed by atoms with van der Waals surface area (Å²) in [7, 11) is 3.36. The number of hydrogen-bond acceptors (Lipinski definition) is 1. The van der Waals surface area contributed by atoms with Gasteiger partial charge in [0.2, 0.25) is 0 Å². The van der Waals surface area contributed by atoms with Crippen molar-refractivity contribution < 1.29 is 25.9 Å². The first-order valence-electron chi connectivity index (χ1n) is 8.73. The summed E-state index contributed by atoms with van der Waals surface area (Å²) in [6.45, 7) is 12.5. The Balaban J connectivity index is 0. The lowest BCUT2D eigenvalue weighted by Crippen LogP contribution is -3.00. The zero-order valence-electron chi connectivity index (χ0n) is 15.5. The molecule has 4 heteroatoms. The molecule has 21 heavy (non-hydrogen) atoms. The highest BCUT2D eigenvalue weighted by Crippen LogP contribution is 2.10. The molecule has 0 N–H and O–H groups in total. The molecule has 0 unspecified atom stereocenters. The average Bonchev–Trinajstić information content (AvgIpc) is 2.30. The predicted molar refractivity (Wildman–Crippen MR) is 93.8 cm³/mol. The lowest BCUT2D eigenvalue weighted by atomic mass is 10.1. The Morgan fingerprint density at radius 3 is 1.71 bits per heavy atom. The van der Waals surface area contributed by atoms with Gasteiger partial charge in [-0.2, -0.15) is 0 Å². The fourth-order valence-corrected chi connectivity index (χ4v) is 3.09. The lowest BCUT2D eigenvalue weighted by molar-refractivity contribution is -0.890. The molecule has 0 saturated heterocycles. The van der Waals surface area contributed by atoms with Gasteiger partial charge < -0.3 is 25.9 Å². The zero-order valence-corrected chi connectivity index (χ0v) is 18.1. The summed E-state index contributed by atoms with van der Waals surface area (Å²) in [5.41, 5.74) is 0. The molecule has 2 nitrogen and oxygen atoms in total. The van der Waals surface area contributed by atoms with Gasteiger partial charge in [0, 0.05) is 0 Å². The SMILES string of the molecule is CCCCCCCCCC[N+](C)(C)CCO[Si](C)(C)C.[Br-]. The van der Waals surface area contributed by atoms with Crippen LogP contribution in [0.4, 0.5) is 0 Å². The number of halogens is 1. The summed E-state index contributed by atoms with van der Waals surface area (Å²) in [5, 5.41) is 0. The van der Waals surface area contributed by atoms with Crippen molar-refractivity contribution >= 4 is 8.32 Å². The molecule has 0 fully saturated rings. The monoisotopic (exact) mass is 381 g/mol. The predicted octanol–water partition coefficient (Wildman–Crippen LogP) is 2.06. The van der Waals surface area contributed by atoms with Crippen LogP contribution in [0.5, 0.6) is 0 Å². The molecule has 0 amide bonds. The van der Waals surface area contributed by atoms with Gasteiger partial charge in [-0.25, -0.2) is 0 Å². The summed E-state index contributed by atoms with van der Waals surface area (Å²) in [6, 6.07) is 0. The molecular formula is C17H40BrNOSi. The van der Waals surface area contributed by atoms with Crippen molar-refractivity contribution in [1.29, 1.82) is 0 Å². The molecule has 0 heterocycles. The van der Waals surface area contributed by atoms with Crippen molar-refractivity contribution in [2.45, 2.75) is 77.9 Å². The van der Waals surface area contributed by atoms with E-state index in [-0.39, 0.29) is 17.0 Å². The number of likely N-dealkylation sites (N-methyl/N-ethyl adjacent to an activating group) is 1. The van der Waals surface area contributed by atoms with E-state index in [0.29, 0.717) is 0 Å². The Kier molecular flexibility index (Phi) is 14.9. The molecule has 0 atom stereocenters. The number of rotatable bonds is 13. The van der Waals surface area contributed by atoms with Crippen LogP contribution in [0, 0.1) is 0 Å². The molecule has 0 aromatic carbocycles. The van der Waals surface area contributed by atoms with Gasteiger partial charge in [-0.3, -0.25) is 0 Å². The van der Waals surface area contributed by atoms with E-state index in [1.54, 1.807) is 0 Å². The Bertz CT molecular complexity index is 229. The topological polar surface area (TPSA) is 9.23 Å². The minimum absolute atomic E-state index is 0. The van der Waals surface area contributed by atoms with Gasteiger partial charge in [-0.1, -0.05) is 45.4 Å². The van der Waals surface area contributed by atoms with Crippen LogP contribution in [-0.2, 0) is 4.43 Å². The summed E-state index contributed by atoms with van der Waals surface area (Å²) in [4.78, 5) is 0. The van der Waals surface area contributed by atoms with Gasteiger partial charge in [0.15, 0.2) is 8.32 Å². The third kappa shape index (κ3) is 18.6. The van der Waals surface area contributed by atoms with Crippen molar-refractivity contribution in [1.82, 2.24) is 0 Å². The number of hydrogen-bond donors (Lipinski definition) is 0. The van der Waals surface area contributed by atoms with Gasteiger partial charge in [0.05, 0.1) is 27.2 Å². The van der Waals surface area contributed by atoms with Gasteiger partial charge >= 0.3 is 0 Å². The molecule has 0 radical (unpaired) electrons. The van der Waals surface area contributed by atoms with E-state index in [1.807, 2.05) is 0 Å². The fraction of sp³-hybridized carbons (Fsp3) is 1.00. The smallest absolute Gasteiger partial charge is 0.184 e. The highest BCUT2D eigenvalue weighted by molar-refractivity contribution is 6.69. The highest BCUT2D eigenvalue weighted by atomic mass is 79.9. The number of unbranched alkanes of at least 4 members (excludes halogenated alkanes) is 7. The first-order chi connectivity index (χ1) is 9.27. The Labute approximate surface area is 146 Å². The summed E-state index contributed by atoms with van der Waals surface area (Å²) < 4.78 is 7.08. The first kappa shape index (κ1) is 23.9. The maximum atomic E-state index is 5.97. The van der Waals surface area contributed by atoms with Gasteiger partial charge in [-0.15, -0.1) is 0 Å². The van der Waals surface area contributed by atoms with Crippen molar-refractivity contribution in [3.63, 3.8) is 0 Å². The summed E-state index contributed by atoms with van der Waals surface area (Å²) >= 11 is 0. The molecule has 0 aromatic heterocycles. The molecule has 0 aliphatic rings. The van der Waals surface area contributed by atoms with Gasteiger partial charge in [0.25, 0.3) is 0 Å². The Morgan fingerprint density at radius 2 is 1.24 bits per heavy atom. The fourth-order valence-electron chi connectivity index (χ4n) is 2.38. The van der Waals surface area contributed by atoms with Crippen molar-refractivity contribution in [2.75, 3.05) is 33.8 Å². The van der Waals surface area contributed by atoms with Crippen LogP contribution >= 0.6 is 0 Å². The molecule has 0 aliphatic heterocycles. The zero-order chi connectivity index (χ0) is 15.5. The van der Waals surface area contributed by atoms with Crippen LogP contribution in [0.2, 0.25) is 19.6 Å². The van der Waals surface area contributed by atoms with E-state index in [9.17, 15) is 0 Å². The van der Waals surface area contributed by atoms with Crippen LogP contribution in [0.15, 0.2) is 0 Å². The van der Waals surface area contributed by atoms with Gasteiger partial charge in [0.1, 0.15) is 6.54 Å². The maximum Gasteiger partial charge on any atom is 0.184 e. The second kappa shape index (κ2) is 13.1. The van der Waals surface area contributed by atoms with Crippen LogP contribution in [0.25, 0.3) is 0 Å². The quantitative estimate of drug-likeness (QED) is 0.269. The second-order valence-corrected chi connectivity index (χ2v) is 12.3. The van der Waals surface area contributed by atoms with Gasteiger partial charge in [-0.05, 0) is 32.5 Å². The van der Waals surface area contributed by atoms with E-state index < -0.39 is 8.32 Å². The largest absolute Gasteiger partial charge is 1.00 e. The molecule has 0 aliphatic carbocycles. The minimum Gasteiger partial charge on any atom is -1.00 e. The number of quaternary nitrogens is 1. The molecule has 130 valence electrons. The number of nitrogens with zero attached hydrogens (tertiary/aromatic N) is 1. The standard InChI is InChI=1S/C17H40NOSi.BrH/c1-7-8-9-10-11-12-13-14-15-18(2,3)16-17-19-20(4,5)6;/h7-17H2,1-6H3;1H/q+1;/p-1. The third-order valence-electron chi connectivity index (χ3n) is 3.85. The molecular weight excluding hydrogens is 342 g/mol. The van der Waals surface area contributed by atoms with Crippen LogP contribution in [-0.4, -0.2) is 46.6 Å². The Morgan fingerprint density at radius 1 is 0.762 bits per heavy atom. The van der Waals surface area contributed by atoms with E-state index in [0.717, 1.165) is 17.6 Å². The first-order valence-corrected chi connectivity index (χ1v) is 12.1.